The van der Waals surface area contributed by atoms with Gasteiger partial charge in [-0.2, -0.15) is 0 Å². The number of carbonyl (C=O) groups is 2. The van der Waals surface area contributed by atoms with Gasteiger partial charge in [0.25, 0.3) is 0 Å². The Morgan fingerprint density at radius 3 is 2.50 bits per heavy atom. The number of alkyl halides is 1. The number of esters is 1. The van der Waals surface area contributed by atoms with Crippen LogP contribution >= 0.6 is 22.6 Å². The molecule has 0 atom stereocenters. The molecule has 0 saturated carbocycles. The third-order valence-corrected chi connectivity index (χ3v) is 1.95. The SMILES string of the molecule is CC(=O)CC(=O)OCCCCI. The molecule has 12 heavy (non-hydrogen) atoms. The van der Waals surface area contributed by atoms with Crippen LogP contribution in [0.4, 0.5) is 0 Å². The predicted molar refractivity (Wildman–Crippen MR) is 54.4 cm³/mol. The molecule has 0 fully saturated rings. The molecule has 0 saturated heterocycles. The number of unbranched alkanes of at least 4 members (excludes halogenated alkanes) is 1. The van der Waals surface area contributed by atoms with Gasteiger partial charge in [-0.05, 0) is 24.2 Å². The first-order chi connectivity index (χ1) is 5.66. The highest BCUT2D eigenvalue weighted by Crippen LogP contribution is 1.96. The van der Waals surface area contributed by atoms with E-state index in [1.165, 1.54) is 6.92 Å². The molecule has 0 aromatic rings. The first-order valence-electron chi connectivity index (χ1n) is 3.88. The van der Waals surface area contributed by atoms with Crippen molar-refractivity contribution in [2.75, 3.05) is 11.0 Å². The van der Waals surface area contributed by atoms with E-state index >= 15 is 0 Å². The number of rotatable bonds is 6. The fourth-order valence-electron chi connectivity index (χ4n) is 0.637. The first kappa shape index (κ1) is 11.9. The number of ketones is 1. The third kappa shape index (κ3) is 7.97. The van der Waals surface area contributed by atoms with E-state index in [0.29, 0.717) is 6.61 Å². The topological polar surface area (TPSA) is 43.4 Å². The van der Waals surface area contributed by atoms with Gasteiger partial charge < -0.3 is 4.74 Å². The summed E-state index contributed by atoms with van der Waals surface area (Å²) in [6.45, 7) is 1.82. The van der Waals surface area contributed by atoms with Crippen molar-refractivity contribution in [1.29, 1.82) is 0 Å². The number of hydrogen-bond donors (Lipinski definition) is 0. The Morgan fingerprint density at radius 1 is 1.33 bits per heavy atom. The number of hydrogen-bond acceptors (Lipinski definition) is 3. The highest BCUT2D eigenvalue weighted by atomic mass is 127. The molecule has 0 aliphatic rings. The number of carbonyl (C=O) groups excluding carboxylic acids is 2. The van der Waals surface area contributed by atoms with E-state index in [1.807, 2.05) is 0 Å². The average molecular weight is 284 g/mol. The molecule has 0 N–H and O–H groups in total. The smallest absolute Gasteiger partial charge is 0.313 e. The molecule has 0 aliphatic heterocycles. The maximum Gasteiger partial charge on any atom is 0.313 e. The summed E-state index contributed by atoms with van der Waals surface area (Å²) in [6.07, 6.45) is 1.84. The minimum Gasteiger partial charge on any atom is -0.465 e. The summed E-state index contributed by atoms with van der Waals surface area (Å²) in [6, 6.07) is 0. The van der Waals surface area contributed by atoms with Crippen LogP contribution in [0.5, 0.6) is 0 Å². The second-order valence-electron chi connectivity index (χ2n) is 2.50. The van der Waals surface area contributed by atoms with Gasteiger partial charge in [0.2, 0.25) is 0 Å². The molecular weight excluding hydrogens is 271 g/mol. The lowest BCUT2D eigenvalue weighted by atomic mass is 10.3. The minimum absolute atomic E-state index is 0.0930. The molecule has 0 unspecified atom stereocenters. The number of halogens is 1. The molecule has 0 rings (SSSR count). The van der Waals surface area contributed by atoms with Crippen LogP contribution in [0.3, 0.4) is 0 Å². The lowest BCUT2D eigenvalue weighted by Crippen LogP contribution is -2.09. The van der Waals surface area contributed by atoms with Crippen molar-refractivity contribution in [3.8, 4) is 0 Å². The Balaban J connectivity index is 3.26. The Bertz CT molecular complexity index is 156. The van der Waals surface area contributed by atoms with Crippen molar-refractivity contribution in [3.05, 3.63) is 0 Å². The zero-order chi connectivity index (χ0) is 9.40. The Hall–Kier alpha value is -0.130. The minimum atomic E-state index is -0.407. The van der Waals surface area contributed by atoms with E-state index in [4.69, 9.17) is 4.74 Å². The third-order valence-electron chi connectivity index (χ3n) is 1.18. The van der Waals surface area contributed by atoms with Crippen LogP contribution < -0.4 is 0 Å². The number of ether oxygens (including phenoxy) is 1. The van der Waals surface area contributed by atoms with E-state index in [-0.39, 0.29) is 12.2 Å². The summed E-state index contributed by atoms with van der Waals surface area (Å²) >= 11 is 2.27. The lowest BCUT2D eigenvalue weighted by Gasteiger charge is -2.01. The Morgan fingerprint density at radius 2 is 2.00 bits per heavy atom. The Kier molecular flexibility index (Phi) is 7.43. The standard InChI is InChI=1S/C8H13IO3/c1-7(10)6-8(11)12-5-3-2-4-9/h2-6H2,1H3. The highest BCUT2D eigenvalue weighted by molar-refractivity contribution is 14.1. The molecule has 0 aromatic heterocycles. The van der Waals surface area contributed by atoms with Gasteiger partial charge in [-0.3, -0.25) is 9.59 Å². The van der Waals surface area contributed by atoms with Gasteiger partial charge in [-0.1, -0.05) is 22.6 Å². The van der Waals surface area contributed by atoms with E-state index in [9.17, 15) is 9.59 Å². The molecule has 0 bridgehead atoms. The van der Waals surface area contributed by atoms with Crippen molar-refractivity contribution >= 4 is 34.3 Å². The van der Waals surface area contributed by atoms with Crippen molar-refractivity contribution in [2.24, 2.45) is 0 Å². The average Bonchev–Trinajstić information content (AvgIpc) is 1.97. The second kappa shape index (κ2) is 7.52. The van der Waals surface area contributed by atoms with Crippen LogP contribution in [-0.4, -0.2) is 22.8 Å². The summed E-state index contributed by atoms with van der Waals surface area (Å²) in [7, 11) is 0. The summed E-state index contributed by atoms with van der Waals surface area (Å²) in [5, 5.41) is 0. The van der Waals surface area contributed by atoms with Gasteiger partial charge >= 0.3 is 5.97 Å². The molecule has 0 spiro atoms. The summed E-state index contributed by atoms with van der Waals surface area (Å²) in [5.74, 6) is -0.551. The molecule has 0 amide bonds. The molecular formula is C8H13IO3. The van der Waals surface area contributed by atoms with Gasteiger partial charge in [0.05, 0.1) is 6.61 Å². The fraction of sp³-hybridized carbons (Fsp3) is 0.750. The van der Waals surface area contributed by atoms with E-state index in [1.54, 1.807) is 0 Å². The van der Waals surface area contributed by atoms with Crippen LogP contribution in [0, 0.1) is 0 Å². The molecule has 4 heteroatoms. The molecule has 0 heterocycles. The van der Waals surface area contributed by atoms with E-state index in [2.05, 4.69) is 22.6 Å². The molecule has 3 nitrogen and oxygen atoms in total. The van der Waals surface area contributed by atoms with Crippen molar-refractivity contribution in [3.63, 3.8) is 0 Å². The quantitative estimate of drug-likeness (QED) is 0.245. The summed E-state index contributed by atoms with van der Waals surface area (Å²) < 4.78 is 5.86. The zero-order valence-corrected chi connectivity index (χ0v) is 9.30. The first-order valence-corrected chi connectivity index (χ1v) is 5.40. The van der Waals surface area contributed by atoms with E-state index in [0.717, 1.165) is 17.3 Å². The molecule has 0 radical (unpaired) electrons. The maximum atomic E-state index is 10.8. The van der Waals surface area contributed by atoms with Gasteiger partial charge in [-0.25, -0.2) is 0 Å². The van der Waals surface area contributed by atoms with Gasteiger partial charge in [0.1, 0.15) is 12.2 Å². The number of Topliss-reactive ketones (excluding diaryl/α,β-unsaturated/α-hetero) is 1. The molecule has 0 aromatic carbocycles. The maximum absolute atomic E-state index is 10.8. The van der Waals surface area contributed by atoms with Gasteiger partial charge in [0, 0.05) is 0 Å². The van der Waals surface area contributed by atoms with Crippen LogP contribution in [-0.2, 0) is 14.3 Å². The van der Waals surface area contributed by atoms with Crippen molar-refractivity contribution in [2.45, 2.75) is 26.2 Å². The van der Waals surface area contributed by atoms with Crippen molar-refractivity contribution in [1.82, 2.24) is 0 Å². The normalized spacial score (nSPS) is 9.50. The highest BCUT2D eigenvalue weighted by Gasteiger charge is 2.04. The molecule has 0 aliphatic carbocycles. The van der Waals surface area contributed by atoms with E-state index < -0.39 is 5.97 Å². The van der Waals surface area contributed by atoms with Crippen molar-refractivity contribution < 1.29 is 14.3 Å². The summed E-state index contributed by atoms with van der Waals surface area (Å²) in [5.41, 5.74) is 0. The van der Waals surface area contributed by atoms with Gasteiger partial charge in [0.15, 0.2) is 0 Å². The summed E-state index contributed by atoms with van der Waals surface area (Å²) in [4.78, 5) is 21.2. The monoisotopic (exact) mass is 284 g/mol. The molecule has 70 valence electrons. The lowest BCUT2D eigenvalue weighted by molar-refractivity contribution is -0.145. The van der Waals surface area contributed by atoms with Gasteiger partial charge in [-0.15, -0.1) is 0 Å². The van der Waals surface area contributed by atoms with Crippen LogP contribution in [0.1, 0.15) is 26.2 Å². The van der Waals surface area contributed by atoms with Crippen LogP contribution in [0.25, 0.3) is 0 Å². The predicted octanol–water partition coefficient (Wildman–Crippen LogP) is 1.72. The fourth-order valence-corrected chi connectivity index (χ4v) is 1.18. The largest absolute Gasteiger partial charge is 0.465 e. The zero-order valence-electron chi connectivity index (χ0n) is 7.14. The van der Waals surface area contributed by atoms with Crippen LogP contribution in [0.15, 0.2) is 0 Å². The second-order valence-corrected chi connectivity index (χ2v) is 3.57. The Labute approximate surface area is 86.0 Å². The van der Waals surface area contributed by atoms with Crippen LogP contribution in [0.2, 0.25) is 0 Å².